The van der Waals surface area contributed by atoms with Gasteiger partial charge in [0.2, 0.25) is 0 Å². The molecule has 0 aliphatic rings. The van der Waals surface area contributed by atoms with Crippen molar-refractivity contribution in [2.24, 2.45) is 0 Å². The van der Waals surface area contributed by atoms with Crippen LogP contribution in [-0.2, 0) is 14.8 Å². The number of anilines is 2. The summed E-state index contributed by atoms with van der Waals surface area (Å²) in [7, 11) is 0.630. The maximum absolute atomic E-state index is 13.2. The molecule has 0 radical (unpaired) electrons. The Hall–Kier alpha value is -3.56. The third-order valence-electron chi connectivity index (χ3n) is 4.87. The summed E-state index contributed by atoms with van der Waals surface area (Å²) in [6.07, 6.45) is 0. The second-order valence-electron chi connectivity index (χ2n) is 6.98. The number of rotatable bonds is 10. The van der Waals surface area contributed by atoms with Crippen LogP contribution in [0.15, 0.2) is 77.7 Å². The Bertz CT molecular complexity index is 1180. The Kier molecular flexibility index (Phi) is 7.92. The van der Waals surface area contributed by atoms with Gasteiger partial charge in [0.1, 0.15) is 18.1 Å². The summed E-state index contributed by atoms with van der Waals surface area (Å²) in [6, 6.07) is 19.5. The van der Waals surface area contributed by atoms with Gasteiger partial charge in [-0.25, -0.2) is 8.42 Å². The molecule has 0 spiro atoms. The molecule has 0 unspecified atom stereocenters. The third kappa shape index (κ3) is 5.82. The molecule has 0 fully saturated rings. The van der Waals surface area contributed by atoms with Crippen molar-refractivity contribution in [1.29, 1.82) is 0 Å². The summed E-state index contributed by atoms with van der Waals surface area (Å²) >= 11 is 0. The van der Waals surface area contributed by atoms with Crippen LogP contribution in [0.1, 0.15) is 10.4 Å². The molecule has 1 amide bonds. The molecule has 8 nitrogen and oxygen atoms in total. The Balaban J connectivity index is 1.81. The SMILES string of the molecule is COCCOc1ccc(S(=O)(=O)N(C)c2ccccc2C(=O)Nc2ccc(OC)cc2)cc1. The summed E-state index contributed by atoms with van der Waals surface area (Å²) in [5.41, 5.74) is 1.04. The second-order valence-corrected chi connectivity index (χ2v) is 8.95. The first-order chi connectivity index (χ1) is 15.9. The molecule has 0 saturated carbocycles. The zero-order valence-electron chi connectivity index (χ0n) is 18.6. The van der Waals surface area contributed by atoms with Crippen molar-refractivity contribution in [3.8, 4) is 11.5 Å². The Labute approximate surface area is 193 Å². The van der Waals surface area contributed by atoms with Gasteiger partial charge >= 0.3 is 0 Å². The van der Waals surface area contributed by atoms with Gasteiger partial charge in [0, 0.05) is 19.8 Å². The van der Waals surface area contributed by atoms with E-state index in [4.69, 9.17) is 14.2 Å². The predicted molar refractivity (Wildman–Crippen MR) is 127 cm³/mol. The molecule has 9 heteroatoms. The zero-order valence-corrected chi connectivity index (χ0v) is 19.5. The molecular weight excluding hydrogens is 444 g/mol. The number of amides is 1. The van der Waals surface area contributed by atoms with Crippen LogP contribution in [0.2, 0.25) is 0 Å². The van der Waals surface area contributed by atoms with Gasteiger partial charge in [-0.3, -0.25) is 9.10 Å². The molecule has 0 aliphatic carbocycles. The smallest absolute Gasteiger partial charge is 0.264 e. The minimum Gasteiger partial charge on any atom is -0.497 e. The fourth-order valence-electron chi connectivity index (χ4n) is 3.05. The maximum Gasteiger partial charge on any atom is 0.264 e. The van der Waals surface area contributed by atoms with Crippen LogP contribution in [0, 0.1) is 0 Å². The summed E-state index contributed by atoms with van der Waals surface area (Å²) < 4.78 is 43.1. The van der Waals surface area contributed by atoms with Crippen LogP contribution in [0.3, 0.4) is 0 Å². The van der Waals surface area contributed by atoms with Crippen molar-refractivity contribution >= 4 is 27.3 Å². The van der Waals surface area contributed by atoms with Gasteiger partial charge in [-0.2, -0.15) is 0 Å². The second kappa shape index (κ2) is 10.8. The first kappa shape index (κ1) is 24.1. The topological polar surface area (TPSA) is 94.2 Å². The lowest BCUT2D eigenvalue weighted by Gasteiger charge is -2.22. The average Bonchev–Trinajstić information content (AvgIpc) is 2.84. The van der Waals surface area contributed by atoms with Crippen LogP contribution in [0.4, 0.5) is 11.4 Å². The van der Waals surface area contributed by atoms with Gasteiger partial charge in [0.25, 0.3) is 15.9 Å². The van der Waals surface area contributed by atoms with Gasteiger partial charge in [0.15, 0.2) is 0 Å². The van der Waals surface area contributed by atoms with E-state index < -0.39 is 15.9 Å². The first-order valence-corrected chi connectivity index (χ1v) is 11.6. The lowest BCUT2D eigenvalue weighted by Crippen LogP contribution is -2.29. The van der Waals surface area contributed by atoms with Gasteiger partial charge < -0.3 is 19.5 Å². The molecule has 0 saturated heterocycles. The number of carbonyl (C=O) groups excluding carboxylic acids is 1. The number of nitrogens with zero attached hydrogens (tertiary/aromatic N) is 1. The highest BCUT2D eigenvalue weighted by molar-refractivity contribution is 7.92. The third-order valence-corrected chi connectivity index (χ3v) is 6.66. The van der Waals surface area contributed by atoms with E-state index in [0.29, 0.717) is 30.4 Å². The van der Waals surface area contributed by atoms with Crippen LogP contribution >= 0.6 is 0 Å². The first-order valence-electron chi connectivity index (χ1n) is 10.1. The summed E-state index contributed by atoms with van der Waals surface area (Å²) in [5, 5.41) is 2.79. The van der Waals surface area contributed by atoms with E-state index in [1.165, 1.54) is 19.2 Å². The minimum atomic E-state index is -3.92. The van der Waals surface area contributed by atoms with E-state index in [0.717, 1.165) is 4.31 Å². The normalized spacial score (nSPS) is 11.0. The molecule has 0 aliphatic heterocycles. The van der Waals surface area contributed by atoms with Crippen LogP contribution in [0.25, 0.3) is 0 Å². The van der Waals surface area contributed by atoms with Crippen molar-refractivity contribution in [3.05, 3.63) is 78.4 Å². The standard InChI is InChI=1S/C24H26N2O6S/c1-26(33(28,29)21-14-12-20(13-15-21)32-17-16-30-2)23-7-5-4-6-22(23)24(27)25-18-8-10-19(31-3)11-9-18/h4-15H,16-17H2,1-3H3,(H,25,27). The predicted octanol–water partition coefficient (Wildman–Crippen LogP) is 3.80. The number of methoxy groups -OCH3 is 2. The maximum atomic E-state index is 13.2. The highest BCUT2D eigenvalue weighted by atomic mass is 32.2. The van der Waals surface area contributed by atoms with Gasteiger partial charge in [-0.1, -0.05) is 12.1 Å². The molecule has 174 valence electrons. The van der Waals surface area contributed by atoms with Crippen molar-refractivity contribution in [1.82, 2.24) is 0 Å². The number of carbonyl (C=O) groups is 1. The van der Waals surface area contributed by atoms with Gasteiger partial charge in [-0.05, 0) is 60.7 Å². The number of para-hydroxylation sites is 1. The molecule has 1 N–H and O–H groups in total. The fourth-order valence-corrected chi connectivity index (χ4v) is 4.27. The number of hydrogen-bond acceptors (Lipinski definition) is 6. The number of ether oxygens (including phenoxy) is 3. The minimum absolute atomic E-state index is 0.0782. The van der Waals surface area contributed by atoms with Crippen LogP contribution in [0.5, 0.6) is 11.5 Å². The molecule has 0 atom stereocenters. The van der Waals surface area contributed by atoms with E-state index >= 15 is 0 Å². The molecule has 0 bridgehead atoms. The van der Waals surface area contributed by atoms with Gasteiger partial charge in [-0.15, -0.1) is 0 Å². The highest BCUT2D eigenvalue weighted by Gasteiger charge is 2.25. The van der Waals surface area contributed by atoms with E-state index in [-0.39, 0.29) is 16.1 Å². The summed E-state index contributed by atoms with van der Waals surface area (Å²) in [5.74, 6) is 0.766. The largest absolute Gasteiger partial charge is 0.497 e. The van der Waals surface area contributed by atoms with Crippen molar-refractivity contribution in [2.45, 2.75) is 4.90 Å². The lowest BCUT2D eigenvalue weighted by molar-refractivity contribution is 0.102. The van der Waals surface area contributed by atoms with E-state index in [1.807, 2.05) is 0 Å². The molecule has 3 aromatic carbocycles. The van der Waals surface area contributed by atoms with E-state index in [9.17, 15) is 13.2 Å². The summed E-state index contributed by atoms with van der Waals surface area (Å²) in [4.78, 5) is 13.0. The van der Waals surface area contributed by atoms with Gasteiger partial charge in [0.05, 0.1) is 29.9 Å². The molecule has 3 rings (SSSR count). The molecule has 0 heterocycles. The number of hydrogen-bond donors (Lipinski definition) is 1. The molecule has 0 aromatic heterocycles. The van der Waals surface area contributed by atoms with Crippen molar-refractivity contribution < 1.29 is 27.4 Å². The molecular formula is C24H26N2O6S. The van der Waals surface area contributed by atoms with Crippen LogP contribution < -0.4 is 19.1 Å². The Morgan fingerprint density at radius 1 is 0.879 bits per heavy atom. The summed E-state index contributed by atoms with van der Waals surface area (Å²) in [6.45, 7) is 0.789. The van der Waals surface area contributed by atoms with Crippen molar-refractivity contribution in [3.63, 3.8) is 0 Å². The average molecular weight is 471 g/mol. The van der Waals surface area contributed by atoms with E-state index in [2.05, 4.69) is 5.32 Å². The Morgan fingerprint density at radius 3 is 2.15 bits per heavy atom. The Morgan fingerprint density at radius 2 is 1.52 bits per heavy atom. The lowest BCUT2D eigenvalue weighted by atomic mass is 10.1. The highest BCUT2D eigenvalue weighted by Crippen LogP contribution is 2.27. The monoisotopic (exact) mass is 470 g/mol. The van der Waals surface area contributed by atoms with Crippen molar-refractivity contribution in [2.75, 3.05) is 44.1 Å². The quantitative estimate of drug-likeness (QED) is 0.453. The zero-order chi connectivity index (χ0) is 23.8. The van der Waals surface area contributed by atoms with E-state index in [1.54, 1.807) is 74.9 Å². The molecule has 33 heavy (non-hydrogen) atoms. The number of sulfonamides is 1. The number of benzene rings is 3. The van der Waals surface area contributed by atoms with Crippen LogP contribution in [-0.4, -0.2) is 48.8 Å². The fraction of sp³-hybridized carbons (Fsp3) is 0.208. The number of nitrogens with one attached hydrogen (secondary N) is 1. The molecule has 3 aromatic rings.